The quantitative estimate of drug-likeness (QED) is 0.640. The Morgan fingerprint density at radius 3 is 2.46 bits per heavy atom. The van der Waals surface area contributed by atoms with Gasteiger partial charge in [-0.2, -0.15) is 0 Å². The first-order valence-corrected chi connectivity index (χ1v) is 9.43. The van der Waals surface area contributed by atoms with Gasteiger partial charge in [-0.1, -0.05) is 42.8 Å². The van der Waals surface area contributed by atoms with E-state index in [9.17, 15) is 5.11 Å². The minimum Gasteiger partial charge on any atom is -0.490 e. The lowest BCUT2D eigenvalue weighted by Crippen LogP contribution is -2.31. The van der Waals surface area contributed by atoms with Crippen LogP contribution in [0.2, 0.25) is 5.02 Å². The fourth-order valence-electron chi connectivity index (χ4n) is 2.61. The van der Waals surface area contributed by atoms with Crippen molar-refractivity contribution >= 4 is 11.6 Å². The average Bonchev–Trinajstić information content (AvgIpc) is 2.64. The fourth-order valence-corrected chi connectivity index (χ4v) is 2.83. The van der Waals surface area contributed by atoms with Crippen LogP contribution < -0.4 is 14.8 Å². The number of rotatable bonds is 10. The van der Waals surface area contributed by atoms with E-state index in [0.717, 1.165) is 17.5 Å². The zero-order valence-electron chi connectivity index (χ0n) is 15.7. The van der Waals surface area contributed by atoms with E-state index in [4.69, 9.17) is 21.1 Å². The highest BCUT2D eigenvalue weighted by Gasteiger charge is 2.13. The number of aliphatic hydroxyl groups is 1. The molecule has 0 fully saturated rings. The lowest BCUT2D eigenvalue weighted by molar-refractivity contribution is 0.238. The maximum Gasteiger partial charge on any atom is 0.163 e. The third-order valence-electron chi connectivity index (χ3n) is 4.35. The number of ether oxygens (including phenoxy) is 2. The molecule has 0 aromatic heterocycles. The first kappa shape index (κ1) is 20.6. The third kappa shape index (κ3) is 5.63. The Bertz CT molecular complexity index is 702. The monoisotopic (exact) mass is 377 g/mol. The van der Waals surface area contributed by atoms with Gasteiger partial charge in [-0.05, 0) is 43.0 Å². The van der Waals surface area contributed by atoms with Crippen molar-refractivity contribution in [2.45, 2.75) is 46.4 Å². The van der Waals surface area contributed by atoms with Crippen molar-refractivity contribution < 1.29 is 14.6 Å². The SMILES string of the molecule is CCOc1cc(CNC(CC)CO)c(Cl)cc1OCc1ccccc1C. The molecular formula is C21H28ClNO3. The molecule has 0 aliphatic rings. The highest BCUT2D eigenvalue weighted by Crippen LogP contribution is 2.34. The van der Waals surface area contributed by atoms with Crippen molar-refractivity contribution in [1.82, 2.24) is 5.32 Å². The molecule has 0 aliphatic carbocycles. The van der Waals surface area contributed by atoms with Crippen LogP contribution in [0.15, 0.2) is 36.4 Å². The molecule has 2 rings (SSSR count). The Hall–Kier alpha value is -1.75. The summed E-state index contributed by atoms with van der Waals surface area (Å²) in [6.45, 7) is 7.71. The predicted octanol–water partition coefficient (Wildman–Crippen LogP) is 4.49. The maximum absolute atomic E-state index is 9.32. The van der Waals surface area contributed by atoms with Gasteiger partial charge in [-0.3, -0.25) is 0 Å². The van der Waals surface area contributed by atoms with Crippen LogP contribution in [-0.4, -0.2) is 24.4 Å². The molecule has 0 heterocycles. The molecule has 0 spiro atoms. The lowest BCUT2D eigenvalue weighted by atomic mass is 10.1. The Kier molecular flexibility index (Phi) is 8.23. The van der Waals surface area contributed by atoms with Gasteiger partial charge in [0.05, 0.1) is 13.2 Å². The summed E-state index contributed by atoms with van der Waals surface area (Å²) in [6, 6.07) is 11.9. The van der Waals surface area contributed by atoms with Gasteiger partial charge in [0.15, 0.2) is 11.5 Å². The summed E-state index contributed by atoms with van der Waals surface area (Å²) in [5.74, 6) is 1.32. The normalized spacial score (nSPS) is 12.0. The van der Waals surface area contributed by atoms with Crippen molar-refractivity contribution in [3.05, 3.63) is 58.1 Å². The standard InChI is InChI=1S/C21H28ClNO3/c1-4-18(13-24)23-12-17-10-20(25-5-2)21(11-19(17)22)26-14-16-9-7-6-8-15(16)3/h6-11,18,23-24H,4-5,12-14H2,1-3H3. The molecule has 0 radical (unpaired) electrons. The molecule has 2 aromatic rings. The number of halogens is 1. The van der Waals surface area contributed by atoms with Crippen molar-refractivity contribution in [2.75, 3.05) is 13.2 Å². The fraction of sp³-hybridized carbons (Fsp3) is 0.429. The summed E-state index contributed by atoms with van der Waals surface area (Å²) in [7, 11) is 0. The number of benzene rings is 2. The maximum atomic E-state index is 9.32. The first-order valence-electron chi connectivity index (χ1n) is 9.05. The average molecular weight is 378 g/mol. The van der Waals surface area contributed by atoms with Gasteiger partial charge >= 0.3 is 0 Å². The largest absolute Gasteiger partial charge is 0.490 e. The number of hydrogen-bond acceptors (Lipinski definition) is 4. The zero-order chi connectivity index (χ0) is 18.9. The van der Waals surface area contributed by atoms with Gasteiger partial charge in [0.1, 0.15) is 6.61 Å². The number of hydrogen-bond donors (Lipinski definition) is 2. The molecule has 5 heteroatoms. The summed E-state index contributed by atoms with van der Waals surface area (Å²) in [6.07, 6.45) is 0.851. The van der Waals surface area contributed by atoms with E-state index in [-0.39, 0.29) is 12.6 Å². The summed E-state index contributed by atoms with van der Waals surface area (Å²) >= 11 is 6.45. The summed E-state index contributed by atoms with van der Waals surface area (Å²) < 4.78 is 11.7. The molecule has 0 bridgehead atoms. The molecule has 1 atom stereocenters. The van der Waals surface area contributed by atoms with E-state index in [1.807, 2.05) is 38.1 Å². The Labute approximate surface area is 161 Å². The molecule has 1 unspecified atom stereocenters. The minimum atomic E-state index is 0.0543. The van der Waals surface area contributed by atoms with E-state index < -0.39 is 0 Å². The second-order valence-electron chi connectivity index (χ2n) is 6.21. The minimum absolute atomic E-state index is 0.0543. The van der Waals surface area contributed by atoms with Crippen LogP contribution in [0.5, 0.6) is 11.5 Å². The lowest BCUT2D eigenvalue weighted by Gasteiger charge is -2.18. The molecule has 0 amide bonds. The topological polar surface area (TPSA) is 50.7 Å². The van der Waals surface area contributed by atoms with E-state index in [1.54, 1.807) is 0 Å². The van der Waals surface area contributed by atoms with Crippen LogP contribution >= 0.6 is 11.6 Å². The molecule has 0 saturated heterocycles. The molecule has 26 heavy (non-hydrogen) atoms. The molecular weight excluding hydrogens is 350 g/mol. The van der Waals surface area contributed by atoms with E-state index in [0.29, 0.717) is 36.3 Å². The second-order valence-corrected chi connectivity index (χ2v) is 6.61. The van der Waals surface area contributed by atoms with Crippen LogP contribution in [-0.2, 0) is 13.2 Å². The Morgan fingerprint density at radius 1 is 1.08 bits per heavy atom. The van der Waals surface area contributed by atoms with E-state index >= 15 is 0 Å². The smallest absolute Gasteiger partial charge is 0.163 e. The number of aryl methyl sites for hydroxylation is 1. The highest BCUT2D eigenvalue weighted by molar-refractivity contribution is 6.31. The predicted molar refractivity (Wildman–Crippen MR) is 106 cm³/mol. The van der Waals surface area contributed by atoms with Gasteiger partial charge in [0, 0.05) is 23.7 Å². The van der Waals surface area contributed by atoms with Crippen LogP contribution in [0.4, 0.5) is 0 Å². The molecule has 0 saturated carbocycles. The van der Waals surface area contributed by atoms with E-state index in [2.05, 4.69) is 24.4 Å². The van der Waals surface area contributed by atoms with Crippen LogP contribution in [0, 0.1) is 6.92 Å². The van der Waals surface area contributed by atoms with Crippen molar-refractivity contribution in [3.8, 4) is 11.5 Å². The molecule has 4 nitrogen and oxygen atoms in total. The van der Waals surface area contributed by atoms with Gasteiger partial charge in [-0.15, -0.1) is 0 Å². The Balaban J connectivity index is 2.15. The first-order chi connectivity index (χ1) is 12.6. The van der Waals surface area contributed by atoms with Crippen LogP contribution in [0.1, 0.15) is 37.0 Å². The van der Waals surface area contributed by atoms with Gasteiger partial charge in [-0.25, -0.2) is 0 Å². The molecule has 2 N–H and O–H groups in total. The van der Waals surface area contributed by atoms with Gasteiger partial charge in [0.25, 0.3) is 0 Å². The van der Waals surface area contributed by atoms with Crippen molar-refractivity contribution in [1.29, 1.82) is 0 Å². The summed E-state index contributed by atoms with van der Waals surface area (Å²) in [5, 5.41) is 13.2. The second kappa shape index (κ2) is 10.4. The molecule has 142 valence electrons. The van der Waals surface area contributed by atoms with Crippen molar-refractivity contribution in [2.24, 2.45) is 0 Å². The van der Waals surface area contributed by atoms with Crippen LogP contribution in [0.25, 0.3) is 0 Å². The summed E-state index contributed by atoms with van der Waals surface area (Å²) in [4.78, 5) is 0. The number of aliphatic hydroxyl groups excluding tert-OH is 1. The molecule has 0 aliphatic heterocycles. The van der Waals surface area contributed by atoms with E-state index in [1.165, 1.54) is 5.56 Å². The summed E-state index contributed by atoms with van der Waals surface area (Å²) in [5.41, 5.74) is 3.24. The van der Waals surface area contributed by atoms with Crippen LogP contribution in [0.3, 0.4) is 0 Å². The van der Waals surface area contributed by atoms with Gasteiger partial charge in [0.2, 0.25) is 0 Å². The van der Waals surface area contributed by atoms with Gasteiger partial charge < -0.3 is 19.9 Å². The molecule has 2 aromatic carbocycles. The van der Waals surface area contributed by atoms with Crippen molar-refractivity contribution in [3.63, 3.8) is 0 Å². The Morgan fingerprint density at radius 2 is 1.81 bits per heavy atom. The third-order valence-corrected chi connectivity index (χ3v) is 4.70. The number of nitrogens with one attached hydrogen (secondary N) is 1. The zero-order valence-corrected chi connectivity index (χ0v) is 16.5. The highest BCUT2D eigenvalue weighted by atomic mass is 35.5.